The lowest BCUT2D eigenvalue weighted by Gasteiger charge is -2.09. The number of nitrogens with one attached hydrogen (secondary N) is 1. The van der Waals surface area contributed by atoms with Crippen molar-refractivity contribution in [2.45, 2.75) is 13.5 Å². The lowest BCUT2D eigenvalue weighted by atomic mass is 10.2. The second-order valence-electron chi connectivity index (χ2n) is 5.77. The van der Waals surface area contributed by atoms with Crippen LogP contribution in [0.5, 0.6) is 11.5 Å². The maximum Gasteiger partial charge on any atom is 0.255 e. The zero-order valence-electron chi connectivity index (χ0n) is 14.2. The summed E-state index contributed by atoms with van der Waals surface area (Å²) < 4.78 is 6.78. The average Bonchev–Trinajstić information content (AvgIpc) is 2.63. The van der Waals surface area contributed by atoms with Crippen LogP contribution < -0.4 is 15.8 Å². The topological polar surface area (TPSA) is 77.2 Å². The Kier molecular flexibility index (Phi) is 5.53. The molecule has 0 bridgehead atoms. The van der Waals surface area contributed by atoms with Crippen molar-refractivity contribution in [3.05, 3.63) is 82.0 Å². The molecule has 5 nitrogen and oxygen atoms in total. The zero-order valence-corrected chi connectivity index (χ0v) is 15.8. The number of carbonyl (C=O) groups is 1. The number of nitrogen functional groups attached to an aromatic ring is 1. The number of carbonyl (C=O) groups excluding carboxylic acids is 1. The molecule has 0 atom stereocenters. The SMILES string of the molecule is Cc1ccc(C(=O)NCc2ccc(Oc3ccc(Br)cc3)cc2)c(N)n1. The van der Waals surface area contributed by atoms with Gasteiger partial charge < -0.3 is 15.8 Å². The molecule has 132 valence electrons. The number of anilines is 1. The molecule has 26 heavy (non-hydrogen) atoms. The smallest absolute Gasteiger partial charge is 0.255 e. The lowest BCUT2D eigenvalue weighted by molar-refractivity contribution is 0.0951. The molecule has 0 saturated heterocycles. The van der Waals surface area contributed by atoms with Gasteiger partial charge in [0.05, 0.1) is 5.56 Å². The van der Waals surface area contributed by atoms with Gasteiger partial charge >= 0.3 is 0 Å². The number of rotatable bonds is 5. The first-order valence-corrected chi connectivity index (χ1v) is 8.84. The third kappa shape index (κ3) is 4.61. The Hall–Kier alpha value is -2.86. The van der Waals surface area contributed by atoms with Gasteiger partial charge in [-0.25, -0.2) is 4.98 Å². The van der Waals surface area contributed by atoms with Gasteiger partial charge in [-0.15, -0.1) is 0 Å². The number of aryl methyl sites for hydroxylation is 1. The van der Waals surface area contributed by atoms with E-state index < -0.39 is 0 Å². The van der Waals surface area contributed by atoms with E-state index in [0.717, 1.165) is 27.2 Å². The van der Waals surface area contributed by atoms with E-state index in [0.29, 0.717) is 12.1 Å². The maximum atomic E-state index is 12.2. The Morgan fingerprint density at radius 2 is 1.65 bits per heavy atom. The number of hydrogen-bond acceptors (Lipinski definition) is 4. The minimum atomic E-state index is -0.245. The summed E-state index contributed by atoms with van der Waals surface area (Å²) in [6.07, 6.45) is 0. The second kappa shape index (κ2) is 8.01. The molecule has 0 radical (unpaired) electrons. The van der Waals surface area contributed by atoms with Crippen LogP contribution in [0.3, 0.4) is 0 Å². The van der Waals surface area contributed by atoms with E-state index in [-0.39, 0.29) is 11.7 Å². The summed E-state index contributed by atoms with van der Waals surface area (Å²) in [6.45, 7) is 2.22. The molecule has 3 rings (SSSR count). The Bertz CT molecular complexity index is 909. The van der Waals surface area contributed by atoms with Crippen LogP contribution in [-0.2, 0) is 6.54 Å². The van der Waals surface area contributed by atoms with Gasteiger partial charge in [-0.05, 0) is 61.0 Å². The van der Waals surface area contributed by atoms with Crippen LogP contribution in [0.2, 0.25) is 0 Å². The molecule has 0 spiro atoms. The highest BCUT2D eigenvalue weighted by molar-refractivity contribution is 9.10. The first-order chi connectivity index (χ1) is 12.5. The Morgan fingerprint density at radius 3 is 2.27 bits per heavy atom. The third-order valence-corrected chi connectivity index (χ3v) is 4.26. The highest BCUT2D eigenvalue weighted by Gasteiger charge is 2.10. The summed E-state index contributed by atoms with van der Waals surface area (Å²) in [5.74, 6) is 1.48. The minimum absolute atomic E-state index is 0.237. The second-order valence-corrected chi connectivity index (χ2v) is 6.68. The van der Waals surface area contributed by atoms with Crippen LogP contribution >= 0.6 is 15.9 Å². The number of benzene rings is 2. The third-order valence-electron chi connectivity index (χ3n) is 3.73. The van der Waals surface area contributed by atoms with E-state index >= 15 is 0 Å². The number of pyridine rings is 1. The fourth-order valence-corrected chi connectivity index (χ4v) is 2.62. The van der Waals surface area contributed by atoms with Gasteiger partial charge in [0.1, 0.15) is 17.3 Å². The minimum Gasteiger partial charge on any atom is -0.457 e. The molecule has 0 fully saturated rings. The molecular weight excluding hydrogens is 394 g/mol. The van der Waals surface area contributed by atoms with Crippen LogP contribution in [0, 0.1) is 6.92 Å². The molecular formula is C20H18BrN3O2. The monoisotopic (exact) mass is 411 g/mol. The first kappa shape index (κ1) is 17.9. The van der Waals surface area contributed by atoms with Gasteiger partial charge in [-0.3, -0.25) is 4.79 Å². The Balaban J connectivity index is 1.58. The van der Waals surface area contributed by atoms with Crippen LogP contribution in [0.1, 0.15) is 21.6 Å². The largest absolute Gasteiger partial charge is 0.457 e. The van der Waals surface area contributed by atoms with E-state index in [1.165, 1.54) is 0 Å². The van der Waals surface area contributed by atoms with Gasteiger partial charge in [0.15, 0.2) is 0 Å². The molecule has 2 aromatic carbocycles. The number of nitrogens with zero attached hydrogens (tertiary/aromatic N) is 1. The number of hydrogen-bond donors (Lipinski definition) is 2. The number of nitrogens with two attached hydrogens (primary N) is 1. The van der Waals surface area contributed by atoms with Crippen molar-refractivity contribution in [2.75, 3.05) is 5.73 Å². The molecule has 0 aliphatic heterocycles. The molecule has 6 heteroatoms. The summed E-state index contributed by atoms with van der Waals surface area (Å²) in [6, 6.07) is 18.6. The predicted molar refractivity (Wildman–Crippen MR) is 105 cm³/mol. The van der Waals surface area contributed by atoms with E-state index in [9.17, 15) is 4.79 Å². The fraction of sp³-hybridized carbons (Fsp3) is 0.100. The van der Waals surface area contributed by atoms with Crippen LogP contribution in [-0.4, -0.2) is 10.9 Å². The van der Waals surface area contributed by atoms with Crippen molar-refractivity contribution in [3.63, 3.8) is 0 Å². The lowest BCUT2D eigenvalue weighted by Crippen LogP contribution is -2.24. The van der Waals surface area contributed by atoms with Crippen molar-refractivity contribution in [1.82, 2.24) is 10.3 Å². The predicted octanol–water partition coefficient (Wildman–Crippen LogP) is 4.46. The number of halogens is 1. The molecule has 3 N–H and O–H groups in total. The molecule has 1 aromatic heterocycles. The van der Waals surface area contributed by atoms with Crippen LogP contribution in [0.25, 0.3) is 0 Å². The number of aromatic nitrogens is 1. The summed E-state index contributed by atoms with van der Waals surface area (Å²) in [7, 11) is 0. The van der Waals surface area contributed by atoms with E-state index in [4.69, 9.17) is 10.5 Å². The molecule has 0 saturated carbocycles. The summed E-state index contributed by atoms with van der Waals surface area (Å²) in [5, 5.41) is 2.85. The average molecular weight is 412 g/mol. The molecule has 0 aliphatic carbocycles. The molecule has 1 heterocycles. The van der Waals surface area contributed by atoms with Gasteiger partial charge in [-0.2, -0.15) is 0 Å². The van der Waals surface area contributed by atoms with Crippen molar-refractivity contribution < 1.29 is 9.53 Å². The van der Waals surface area contributed by atoms with Crippen molar-refractivity contribution in [2.24, 2.45) is 0 Å². The molecule has 0 aliphatic rings. The van der Waals surface area contributed by atoms with Crippen LogP contribution in [0.15, 0.2) is 65.1 Å². The van der Waals surface area contributed by atoms with Gasteiger partial charge in [0.2, 0.25) is 0 Å². The maximum absolute atomic E-state index is 12.2. The Morgan fingerprint density at radius 1 is 1.04 bits per heavy atom. The highest BCUT2D eigenvalue weighted by Crippen LogP contribution is 2.23. The zero-order chi connectivity index (χ0) is 18.5. The van der Waals surface area contributed by atoms with E-state index in [1.54, 1.807) is 12.1 Å². The van der Waals surface area contributed by atoms with Gasteiger partial charge in [-0.1, -0.05) is 28.1 Å². The Labute approximate surface area is 160 Å². The number of amides is 1. The van der Waals surface area contributed by atoms with E-state index in [2.05, 4.69) is 26.2 Å². The van der Waals surface area contributed by atoms with E-state index in [1.807, 2.05) is 55.5 Å². The van der Waals surface area contributed by atoms with Gasteiger partial charge in [0.25, 0.3) is 5.91 Å². The van der Waals surface area contributed by atoms with Crippen molar-refractivity contribution in [1.29, 1.82) is 0 Å². The van der Waals surface area contributed by atoms with Crippen molar-refractivity contribution >= 4 is 27.7 Å². The summed E-state index contributed by atoms with van der Waals surface area (Å²) in [4.78, 5) is 16.3. The van der Waals surface area contributed by atoms with Gasteiger partial charge in [0, 0.05) is 16.7 Å². The number of ether oxygens (including phenoxy) is 1. The first-order valence-electron chi connectivity index (χ1n) is 8.05. The molecule has 0 unspecified atom stereocenters. The quantitative estimate of drug-likeness (QED) is 0.649. The summed E-state index contributed by atoms with van der Waals surface area (Å²) >= 11 is 3.39. The highest BCUT2D eigenvalue weighted by atomic mass is 79.9. The molecule has 1 amide bonds. The normalized spacial score (nSPS) is 10.4. The standard InChI is InChI=1S/C20H18BrN3O2/c1-13-2-11-18(19(22)24-13)20(25)23-12-14-3-7-16(8-4-14)26-17-9-5-15(21)6-10-17/h2-11H,12H2,1H3,(H2,22,24)(H,23,25). The molecule has 3 aromatic rings. The fourth-order valence-electron chi connectivity index (χ4n) is 2.36. The van der Waals surface area contributed by atoms with Crippen LogP contribution in [0.4, 0.5) is 5.82 Å². The summed E-state index contributed by atoms with van der Waals surface area (Å²) in [5.41, 5.74) is 7.92. The van der Waals surface area contributed by atoms with Crippen molar-refractivity contribution in [3.8, 4) is 11.5 Å².